The van der Waals surface area contributed by atoms with Crippen LogP contribution in [0.3, 0.4) is 0 Å². The van der Waals surface area contributed by atoms with Crippen molar-refractivity contribution in [2.45, 2.75) is 6.92 Å². The molecule has 0 aliphatic heterocycles. The molecule has 0 fully saturated rings. The van der Waals surface area contributed by atoms with Crippen molar-refractivity contribution in [1.82, 2.24) is 0 Å². The molecule has 0 N–H and O–H groups in total. The molecule has 0 bridgehead atoms. The van der Waals surface area contributed by atoms with Gasteiger partial charge in [0, 0.05) is 6.07 Å². The van der Waals surface area contributed by atoms with E-state index in [1.54, 1.807) is 18.2 Å². The van der Waals surface area contributed by atoms with Gasteiger partial charge in [0.05, 0.1) is 0 Å². The second-order valence-electron chi connectivity index (χ2n) is 3.40. The highest BCUT2D eigenvalue weighted by Crippen LogP contribution is 2.24. The van der Waals surface area contributed by atoms with Crippen LogP contribution in [0.15, 0.2) is 36.4 Å². The summed E-state index contributed by atoms with van der Waals surface area (Å²) < 4.78 is 26.0. The third-order valence-corrected chi connectivity index (χ3v) is 2.24. The average Bonchev–Trinajstić information content (AvgIpc) is 2.16. The molecule has 75 valence electrons. The Labute approximate surface area is 87.2 Å². The summed E-state index contributed by atoms with van der Waals surface area (Å²) >= 11 is 0. The van der Waals surface area contributed by atoms with Crippen molar-refractivity contribution >= 4 is 0 Å². The van der Waals surface area contributed by atoms with Crippen molar-refractivity contribution in [2.75, 3.05) is 0 Å². The normalized spacial score (nSPS) is 10.3. The minimum absolute atomic E-state index is 0.555. The zero-order valence-corrected chi connectivity index (χ0v) is 8.22. The average molecular weight is 203 g/mol. The first-order valence-electron chi connectivity index (χ1n) is 4.60. The number of hydrogen-bond acceptors (Lipinski definition) is 0. The van der Waals surface area contributed by atoms with Gasteiger partial charge in [0.15, 0.2) is 0 Å². The molecular formula is C13H9F2. The molecule has 1 radical (unpaired) electrons. The number of halogens is 2. The van der Waals surface area contributed by atoms with Crippen molar-refractivity contribution in [3.63, 3.8) is 0 Å². The van der Waals surface area contributed by atoms with Gasteiger partial charge in [0.2, 0.25) is 0 Å². The van der Waals surface area contributed by atoms with E-state index in [4.69, 9.17) is 0 Å². The minimum Gasteiger partial charge on any atom is -0.207 e. The van der Waals surface area contributed by atoms with Crippen molar-refractivity contribution in [3.8, 4) is 11.1 Å². The van der Waals surface area contributed by atoms with Crippen LogP contribution in [0, 0.1) is 24.6 Å². The molecule has 2 heteroatoms. The Morgan fingerprint density at radius 3 is 2.33 bits per heavy atom. The SMILES string of the molecule is Cc1c[c]ccc1-c1cc(F)cc(F)c1. The number of hydrogen-bond donors (Lipinski definition) is 0. The Morgan fingerprint density at radius 1 is 1.07 bits per heavy atom. The Bertz CT molecular complexity index is 469. The predicted molar refractivity (Wildman–Crippen MR) is 55.4 cm³/mol. The van der Waals surface area contributed by atoms with E-state index in [0.29, 0.717) is 5.56 Å². The zero-order valence-electron chi connectivity index (χ0n) is 8.22. The predicted octanol–water partition coefficient (Wildman–Crippen LogP) is 3.74. The third kappa shape index (κ3) is 2.04. The van der Waals surface area contributed by atoms with E-state index in [9.17, 15) is 8.78 Å². The van der Waals surface area contributed by atoms with Gasteiger partial charge in [-0.25, -0.2) is 8.78 Å². The van der Waals surface area contributed by atoms with Crippen LogP contribution in [0.2, 0.25) is 0 Å². The van der Waals surface area contributed by atoms with Crippen LogP contribution in [0.1, 0.15) is 5.56 Å². The third-order valence-electron chi connectivity index (χ3n) is 2.24. The molecule has 0 heterocycles. The molecular weight excluding hydrogens is 194 g/mol. The molecule has 0 aliphatic rings. The van der Waals surface area contributed by atoms with E-state index in [-0.39, 0.29) is 0 Å². The summed E-state index contributed by atoms with van der Waals surface area (Å²) in [6.45, 7) is 1.88. The molecule has 0 spiro atoms. The smallest absolute Gasteiger partial charge is 0.126 e. The van der Waals surface area contributed by atoms with E-state index in [0.717, 1.165) is 17.2 Å². The Kier molecular flexibility index (Phi) is 2.50. The topological polar surface area (TPSA) is 0 Å². The summed E-state index contributed by atoms with van der Waals surface area (Å²) in [5.74, 6) is -1.12. The second-order valence-corrected chi connectivity index (χ2v) is 3.40. The van der Waals surface area contributed by atoms with Gasteiger partial charge in [-0.05, 0) is 41.8 Å². The van der Waals surface area contributed by atoms with Crippen LogP contribution in [0.4, 0.5) is 8.78 Å². The number of benzene rings is 2. The maximum atomic E-state index is 13.0. The van der Waals surface area contributed by atoms with E-state index in [1.807, 2.05) is 6.92 Å². The van der Waals surface area contributed by atoms with Gasteiger partial charge in [-0.2, -0.15) is 0 Å². The van der Waals surface area contributed by atoms with Crippen LogP contribution in [0.25, 0.3) is 11.1 Å². The Hall–Kier alpha value is -1.70. The van der Waals surface area contributed by atoms with Gasteiger partial charge < -0.3 is 0 Å². The highest BCUT2D eigenvalue weighted by atomic mass is 19.1. The summed E-state index contributed by atoms with van der Waals surface area (Å²) in [6.07, 6.45) is 0. The number of rotatable bonds is 1. The molecule has 2 aromatic carbocycles. The Balaban J connectivity index is 2.59. The highest BCUT2D eigenvalue weighted by Gasteiger charge is 2.04. The van der Waals surface area contributed by atoms with Gasteiger partial charge >= 0.3 is 0 Å². The lowest BCUT2D eigenvalue weighted by atomic mass is 10.0. The van der Waals surface area contributed by atoms with Gasteiger partial charge in [0.25, 0.3) is 0 Å². The van der Waals surface area contributed by atoms with Crippen LogP contribution in [0.5, 0.6) is 0 Å². The molecule has 0 nitrogen and oxygen atoms in total. The molecule has 2 rings (SSSR count). The second kappa shape index (κ2) is 3.81. The monoisotopic (exact) mass is 203 g/mol. The van der Waals surface area contributed by atoms with E-state index in [1.165, 1.54) is 12.1 Å². The van der Waals surface area contributed by atoms with Crippen molar-refractivity contribution in [3.05, 3.63) is 59.7 Å². The first kappa shape index (κ1) is 9.84. The van der Waals surface area contributed by atoms with E-state index in [2.05, 4.69) is 6.07 Å². The molecule has 15 heavy (non-hydrogen) atoms. The maximum Gasteiger partial charge on any atom is 0.126 e. The lowest BCUT2D eigenvalue weighted by Crippen LogP contribution is -1.86. The zero-order chi connectivity index (χ0) is 10.8. The molecule has 0 atom stereocenters. The van der Waals surface area contributed by atoms with Gasteiger partial charge in [-0.3, -0.25) is 0 Å². The minimum atomic E-state index is -0.558. The first-order chi connectivity index (χ1) is 7.16. The largest absolute Gasteiger partial charge is 0.207 e. The molecule has 0 unspecified atom stereocenters. The van der Waals surface area contributed by atoms with Crippen LogP contribution in [-0.2, 0) is 0 Å². The van der Waals surface area contributed by atoms with E-state index < -0.39 is 11.6 Å². The molecule has 0 saturated carbocycles. The van der Waals surface area contributed by atoms with Crippen LogP contribution < -0.4 is 0 Å². The lowest BCUT2D eigenvalue weighted by molar-refractivity contribution is 0.584. The fourth-order valence-corrected chi connectivity index (χ4v) is 1.55. The van der Waals surface area contributed by atoms with Crippen molar-refractivity contribution < 1.29 is 8.78 Å². The summed E-state index contributed by atoms with van der Waals surface area (Å²) in [5, 5.41) is 0. The summed E-state index contributed by atoms with van der Waals surface area (Å²) in [5.41, 5.74) is 2.33. The van der Waals surface area contributed by atoms with Gasteiger partial charge in [-0.1, -0.05) is 18.2 Å². The number of aryl methyl sites for hydroxylation is 1. The van der Waals surface area contributed by atoms with Crippen molar-refractivity contribution in [1.29, 1.82) is 0 Å². The Morgan fingerprint density at radius 2 is 1.73 bits per heavy atom. The molecule has 2 aromatic rings. The fraction of sp³-hybridized carbons (Fsp3) is 0.0769. The van der Waals surface area contributed by atoms with Gasteiger partial charge in [-0.15, -0.1) is 0 Å². The summed E-state index contributed by atoms with van der Waals surface area (Å²) in [4.78, 5) is 0. The van der Waals surface area contributed by atoms with Crippen LogP contribution in [-0.4, -0.2) is 0 Å². The molecule has 0 aromatic heterocycles. The molecule has 0 amide bonds. The highest BCUT2D eigenvalue weighted by molar-refractivity contribution is 5.66. The van der Waals surface area contributed by atoms with Crippen LogP contribution >= 0.6 is 0 Å². The summed E-state index contributed by atoms with van der Waals surface area (Å²) in [6, 6.07) is 11.7. The van der Waals surface area contributed by atoms with Gasteiger partial charge in [0.1, 0.15) is 11.6 Å². The van der Waals surface area contributed by atoms with Crippen molar-refractivity contribution in [2.24, 2.45) is 0 Å². The lowest BCUT2D eigenvalue weighted by Gasteiger charge is -2.05. The fourth-order valence-electron chi connectivity index (χ4n) is 1.55. The standard InChI is InChI=1S/C13H9F2/c1-9-4-2-3-5-13(9)10-6-11(14)8-12(15)7-10/h3-8H,1H3. The maximum absolute atomic E-state index is 13.0. The van der Waals surface area contributed by atoms with E-state index >= 15 is 0 Å². The summed E-state index contributed by atoms with van der Waals surface area (Å²) in [7, 11) is 0. The molecule has 0 saturated heterocycles. The molecule has 0 aliphatic carbocycles. The quantitative estimate of drug-likeness (QED) is 0.662. The first-order valence-corrected chi connectivity index (χ1v) is 4.60.